The minimum atomic E-state index is -0.506. The van der Waals surface area contributed by atoms with Crippen molar-refractivity contribution in [2.45, 2.75) is 6.92 Å². The lowest BCUT2D eigenvalue weighted by molar-refractivity contribution is -0.141. The Morgan fingerprint density at radius 2 is 2.22 bits per heavy atom. The number of nitrogens with zero attached hydrogens (tertiary/aromatic N) is 4. The molecule has 0 saturated carbocycles. The lowest BCUT2D eigenvalue weighted by atomic mass is 10.4. The molecule has 3 rings (SSSR count). The molecule has 0 N–H and O–H groups in total. The average molecular weight is 262 g/mol. The van der Waals surface area contributed by atoms with Gasteiger partial charge in [0.05, 0.1) is 0 Å². The standard InChI is InChI=1S/C10H6N4O3S/c1-5(15)17-14-7-4-6-8(12-3-2-11-6)13-9(7)16-10(14)18/h2-4H,1H3. The van der Waals surface area contributed by atoms with Crippen LogP contribution in [-0.4, -0.2) is 25.7 Å². The largest absolute Gasteiger partial charge is 0.408 e. The molecule has 0 radical (unpaired) electrons. The molecule has 7 nitrogen and oxygen atoms in total. The van der Waals surface area contributed by atoms with Crippen LogP contribution in [0.15, 0.2) is 22.9 Å². The second-order valence-corrected chi connectivity index (χ2v) is 3.81. The highest BCUT2D eigenvalue weighted by atomic mass is 32.1. The van der Waals surface area contributed by atoms with E-state index in [0.29, 0.717) is 16.7 Å². The molecule has 0 aliphatic heterocycles. The molecule has 0 amide bonds. The summed E-state index contributed by atoms with van der Waals surface area (Å²) in [4.78, 5) is 28.2. The minimum Gasteiger partial charge on any atom is -0.408 e. The molecule has 0 aromatic carbocycles. The summed E-state index contributed by atoms with van der Waals surface area (Å²) in [7, 11) is 0. The molecular formula is C10H6N4O3S. The van der Waals surface area contributed by atoms with Crippen molar-refractivity contribution in [1.82, 2.24) is 19.7 Å². The normalized spacial score (nSPS) is 10.9. The van der Waals surface area contributed by atoms with Crippen LogP contribution < -0.4 is 4.84 Å². The molecule has 3 heterocycles. The van der Waals surface area contributed by atoms with Crippen LogP contribution in [0, 0.1) is 4.84 Å². The van der Waals surface area contributed by atoms with Crippen LogP contribution in [-0.2, 0) is 4.79 Å². The van der Waals surface area contributed by atoms with Gasteiger partial charge >= 0.3 is 10.8 Å². The fourth-order valence-electron chi connectivity index (χ4n) is 1.53. The second kappa shape index (κ2) is 3.84. The molecule has 0 bridgehead atoms. The molecular weight excluding hydrogens is 256 g/mol. The zero-order valence-corrected chi connectivity index (χ0v) is 9.97. The molecule has 3 aromatic heterocycles. The van der Waals surface area contributed by atoms with E-state index in [2.05, 4.69) is 15.0 Å². The first kappa shape index (κ1) is 10.8. The van der Waals surface area contributed by atoms with Crippen molar-refractivity contribution in [3.8, 4) is 0 Å². The molecule has 0 aliphatic rings. The third-order valence-electron chi connectivity index (χ3n) is 2.19. The van der Waals surface area contributed by atoms with Crippen molar-refractivity contribution in [2.24, 2.45) is 0 Å². The second-order valence-electron chi connectivity index (χ2n) is 3.46. The fourth-order valence-corrected chi connectivity index (χ4v) is 1.75. The maximum absolute atomic E-state index is 11.0. The van der Waals surface area contributed by atoms with E-state index in [1.165, 1.54) is 13.1 Å². The first-order chi connectivity index (χ1) is 8.65. The van der Waals surface area contributed by atoms with Gasteiger partial charge in [0.15, 0.2) is 11.2 Å². The summed E-state index contributed by atoms with van der Waals surface area (Å²) in [6, 6.07) is 1.65. The van der Waals surface area contributed by atoms with E-state index in [0.717, 1.165) is 4.73 Å². The Hall–Kier alpha value is -2.35. The first-order valence-electron chi connectivity index (χ1n) is 4.97. The molecule has 0 fully saturated rings. The van der Waals surface area contributed by atoms with Crippen molar-refractivity contribution in [3.63, 3.8) is 0 Å². The Balaban J connectivity index is 2.37. The first-order valence-corrected chi connectivity index (χ1v) is 5.38. The van der Waals surface area contributed by atoms with E-state index >= 15 is 0 Å². The maximum Gasteiger partial charge on any atom is 0.330 e. The third kappa shape index (κ3) is 1.63. The molecule has 0 saturated heterocycles. The summed E-state index contributed by atoms with van der Waals surface area (Å²) < 4.78 is 6.33. The van der Waals surface area contributed by atoms with Gasteiger partial charge in [-0.05, 0) is 12.2 Å². The van der Waals surface area contributed by atoms with E-state index in [-0.39, 0.29) is 10.6 Å². The van der Waals surface area contributed by atoms with Crippen LogP contribution in [0.1, 0.15) is 6.92 Å². The van der Waals surface area contributed by atoms with Crippen molar-refractivity contribution in [1.29, 1.82) is 0 Å². The molecule has 0 unspecified atom stereocenters. The summed E-state index contributed by atoms with van der Waals surface area (Å²) in [5, 5.41) is 0. The summed E-state index contributed by atoms with van der Waals surface area (Å²) in [5.74, 6) is -0.506. The van der Waals surface area contributed by atoms with Crippen molar-refractivity contribution >= 4 is 40.6 Å². The van der Waals surface area contributed by atoms with Gasteiger partial charge in [-0.25, -0.2) is 9.78 Å². The Bertz CT molecular complexity index is 823. The van der Waals surface area contributed by atoms with Crippen LogP contribution in [0.3, 0.4) is 0 Å². The van der Waals surface area contributed by atoms with Gasteiger partial charge in [0.2, 0.25) is 0 Å². The lowest BCUT2D eigenvalue weighted by Gasteiger charge is -2.00. The van der Waals surface area contributed by atoms with E-state index in [4.69, 9.17) is 21.5 Å². The topological polar surface area (TPSA) is 83.0 Å². The highest BCUT2D eigenvalue weighted by Crippen LogP contribution is 2.18. The number of aromatic nitrogens is 4. The average Bonchev–Trinajstić information content (AvgIpc) is 2.62. The number of carbonyl (C=O) groups is 1. The predicted molar refractivity (Wildman–Crippen MR) is 63.2 cm³/mol. The lowest BCUT2D eigenvalue weighted by Crippen LogP contribution is -2.16. The fraction of sp³-hybridized carbons (Fsp3) is 0.100. The Kier molecular flexibility index (Phi) is 2.30. The van der Waals surface area contributed by atoms with E-state index in [1.54, 1.807) is 12.3 Å². The van der Waals surface area contributed by atoms with E-state index < -0.39 is 5.97 Å². The summed E-state index contributed by atoms with van der Waals surface area (Å²) in [6.07, 6.45) is 3.07. The third-order valence-corrected chi connectivity index (χ3v) is 2.44. The van der Waals surface area contributed by atoms with Crippen LogP contribution >= 0.6 is 12.2 Å². The van der Waals surface area contributed by atoms with Gasteiger partial charge in [-0.1, -0.05) is 0 Å². The highest BCUT2D eigenvalue weighted by Gasteiger charge is 2.13. The maximum atomic E-state index is 11.0. The number of carbonyl (C=O) groups excluding carboxylic acids is 1. The molecule has 0 atom stereocenters. The summed E-state index contributed by atoms with van der Waals surface area (Å²) in [5.41, 5.74) is 1.67. The zero-order chi connectivity index (χ0) is 12.7. The van der Waals surface area contributed by atoms with Gasteiger partial charge in [0.1, 0.15) is 5.52 Å². The zero-order valence-electron chi connectivity index (χ0n) is 9.15. The quantitative estimate of drug-likeness (QED) is 0.611. The molecule has 90 valence electrons. The van der Waals surface area contributed by atoms with Gasteiger partial charge in [-0.3, -0.25) is 4.98 Å². The monoisotopic (exact) mass is 262 g/mol. The highest BCUT2D eigenvalue weighted by molar-refractivity contribution is 7.71. The minimum absolute atomic E-state index is 0.00278. The van der Waals surface area contributed by atoms with Gasteiger partial charge in [0.25, 0.3) is 5.71 Å². The SMILES string of the molecule is CC(=O)On1c(=S)oc2nc3nccnc3cc21. The molecule has 8 heteroatoms. The number of oxazole rings is 1. The number of rotatable bonds is 1. The van der Waals surface area contributed by atoms with Crippen LogP contribution in [0.25, 0.3) is 22.4 Å². The van der Waals surface area contributed by atoms with Crippen molar-refractivity contribution in [2.75, 3.05) is 0 Å². The van der Waals surface area contributed by atoms with Gasteiger partial charge in [0, 0.05) is 25.4 Å². The number of hydrogen-bond acceptors (Lipinski definition) is 7. The van der Waals surface area contributed by atoms with Crippen molar-refractivity contribution < 1.29 is 14.0 Å². The Morgan fingerprint density at radius 3 is 3.00 bits per heavy atom. The summed E-state index contributed by atoms with van der Waals surface area (Å²) in [6.45, 7) is 1.27. The van der Waals surface area contributed by atoms with Gasteiger partial charge < -0.3 is 9.25 Å². The van der Waals surface area contributed by atoms with Crippen LogP contribution in [0.4, 0.5) is 0 Å². The molecule has 0 spiro atoms. The molecule has 0 aliphatic carbocycles. The predicted octanol–water partition coefficient (Wildman–Crippen LogP) is 1.28. The smallest absolute Gasteiger partial charge is 0.330 e. The number of fused-ring (bicyclic) bond motifs is 2. The molecule has 18 heavy (non-hydrogen) atoms. The van der Waals surface area contributed by atoms with E-state index in [1.807, 2.05) is 0 Å². The summed E-state index contributed by atoms with van der Waals surface area (Å²) >= 11 is 4.95. The Labute approximate surface area is 105 Å². The van der Waals surface area contributed by atoms with Crippen molar-refractivity contribution in [3.05, 3.63) is 23.3 Å². The van der Waals surface area contributed by atoms with Crippen LogP contribution in [0.5, 0.6) is 0 Å². The number of hydrogen-bond donors (Lipinski definition) is 0. The van der Waals surface area contributed by atoms with Gasteiger partial charge in [-0.2, -0.15) is 4.98 Å². The van der Waals surface area contributed by atoms with E-state index in [9.17, 15) is 4.79 Å². The number of pyridine rings is 1. The Morgan fingerprint density at radius 1 is 1.44 bits per heavy atom. The van der Waals surface area contributed by atoms with Crippen LogP contribution in [0.2, 0.25) is 0 Å². The van der Waals surface area contributed by atoms with Gasteiger partial charge in [-0.15, -0.1) is 4.73 Å². The molecule has 3 aromatic rings.